The molecule has 0 aliphatic rings. The number of nitrogens with zero attached hydrogens (tertiary/aromatic N) is 5. The maximum absolute atomic E-state index is 9.00. The van der Waals surface area contributed by atoms with Crippen molar-refractivity contribution in [2.24, 2.45) is 0 Å². The van der Waals surface area contributed by atoms with Crippen LogP contribution in [0.5, 0.6) is 0 Å². The predicted molar refractivity (Wildman–Crippen MR) is 119 cm³/mol. The predicted octanol–water partition coefficient (Wildman–Crippen LogP) is 5.62. The topological polar surface area (TPSA) is 67.4 Å². The molecule has 2 aromatic carbocycles. The lowest BCUT2D eigenvalue weighted by Gasteiger charge is -2.16. The number of benzene rings is 2. The summed E-state index contributed by atoms with van der Waals surface area (Å²) in [5.74, 6) is 1.88. The van der Waals surface area contributed by atoms with E-state index < -0.39 is 0 Å². The first-order chi connectivity index (χ1) is 14.7. The lowest BCUT2D eigenvalue weighted by atomic mass is 10.0. The molecule has 6 heteroatoms. The highest BCUT2D eigenvalue weighted by molar-refractivity contribution is 7.98. The van der Waals surface area contributed by atoms with Crippen molar-refractivity contribution in [1.29, 1.82) is 5.26 Å². The Hall–Kier alpha value is -3.43. The van der Waals surface area contributed by atoms with E-state index in [1.54, 1.807) is 18.0 Å². The number of rotatable bonds is 6. The van der Waals surface area contributed by atoms with Crippen LogP contribution in [0, 0.1) is 11.3 Å². The fraction of sp³-hybridized carbons (Fsp3) is 0.167. The van der Waals surface area contributed by atoms with Gasteiger partial charge in [0.25, 0.3) is 0 Å². The van der Waals surface area contributed by atoms with E-state index in [2.05, 4.69) is 57.9 Å². The smallest absolute Gasteiger partial charge is 0.196 e. The van der Waals surface area contributed by atoms with E-state index in [1.807, 2.05) is 48.7 Å². The van der Waals surface area contributed by atoms with Crippen LogP contribution in [0.2, 0.25) is 0 Å². The summed E-state index contributed by atoms with van der Waals surface area (Å²) < 4.78 is 2.13. The second-order valence-corrected chi connectivity index (χ2v) is 8.14. The van der Waals surface area contributed by atoms with Crippen molar-refractivity contribution in [3.05, 3.63) is 89.7 Å². The lowest BCUT2D eigenvalue weighted by molar-refractivity contribution is 0.818. The van der Waals surface area contributed by atoms with Crippen LogP contribution in [0.4, 0.5) is 0 Å². The van der Waals surface area contributed by atoms with Crippen molar-refractivity contribution >= 4 is 11.8 Å². The normalized spacial score (nSPS) is 10.9. The van der Waals surface area contributed by atoms with Gasteiger partial charge in [-0.25, -0.2) is 0 Å². The highest BCUT2D eigenvalue weighted by Gasteiger charge is 2.19. The van der Waals surface area contributed by atoms with Gasteiger partial charge in [0.15, 0.2) is 11.0 Å². The van der Waals surface area contributed by atoms with E-state index in [9.17, 15) is 0 Å². The molecule has 4 rings (SSSR count). The van der Waals surface area contributed by atoms with Crippen molar-refractivity contribution < 1.29 is 0 Å². The fourth-order valence-corrected chi connectivity index (χ4v) is 4.17. The molecule has 0 spiro atoms. The number of pyridine rings is 1. The Bertz CT molecular complexity index is 1170. The van der Waals surface area contributed by atoms with Crippen molar-refractivity contribution in [3.63, 3.8) is 0 Å². The molecule has 148 valence electrons. The molecule has 0 fully saturated rings. The Morgan fingerprint density at radius 2 is 1.80 bits per heavy atom. The summed E-state index contributed by atoms with van der Waals surface area (Å²) in [5, 5.41) is 18.8. The van der Waals surface area contributed by atoms with Gasteiger partial charge in [0.2, 0.25) is 0 Å². The second-order valence-electron chi connectivity index (χ2n) is 7.19. The van der Waals surface area contributed by atoms with Gasteiger partial charge in [-0.05, 0) is 47.4 Å². The van der Waals surface area contributed by atoms with E-state index in [0.29, 0.717) is 11.5 Å². The van der Waals surface area contributed by atoms with Gasteiger partial charge in [0.05, 0.1) is 17.3 Å². The van der Waals surface area contributed by atoms with Crippen LogP contribution in [0.1, 0.15) is 36.5 Å². The molecular weight excluding hydrogens is 390 g/mol. The quantitative estimate of drug-likeness (QED) is 0.385. The molecule has 0 aliphatic carbocycles. The van der Waals surface area contributed by atoms with Gasteiger partial charge < -0.3 is 0 Å². The number of para-hydroxylation sites is 1. The molecule has 5 nitrogen and oxygen atoms in total. The standard InChI is InChI=1S/C24H21N5S/c1-17(2)21-7-3-4-8-22(21)29-23(20-6-5-13-26-15-20)27-28-24(29)30-16-19-11-9-18(14-25)10-12-19/h3-13,15,17H,16H2,1-2H3. The molecule has 4 aromatic rings. The second kappa shape index (κ2) is 8.93. The van der Waals surface area contributed by atoms with Crippen LogP contribution < -0.4 is 0 Å². The number of hydrogen-bond acceptors (Lipinski definition) is 5. The Balaban J connectivity index is 1.76. The van der Waals surface area contributed by atoms with Crippen LogP contribution >= 0.6 is 11.8 Å². The molecule has 0 unspecified atom stereocenters. The van der Waals surface area contributed by atoms with Crippen molar-refractivity contribution in [2.75, 3.05) is 0 Å². The maximum Gasteiger partial charge on any atom is 0.196 e. The summed E-state index contributed by atoms with van der Waals surface area (Å²) in [6.45, 7) is 4.38. The van der Waals surface area contributed by atoms with Crippen LogP contribution in [-0.2, 0) is 5.75 Å². The average molecular weight is 412 g/mol. The van der Waals surface area contributed by atoms with Crippen LogP contribution in [0.3, 0.4) is 0 Å². The highest BCUT2D eigenvalue weighted by atomic mass is 32.2. The Morgan fingerprint density at radius 3 is 2.50 bits per heavy atom. The third-order valence-electron chi connectivity index (χ3n) is 4.80. The summed E-state index contributed by atoms with van der Waals surface area (Å²) in [5.41, 5.74) is 5.04. The molecular formula is C24H21N5S. The van der Waals surface area contributed by atoms with Gasteiger partial charge in [0, 0.05) is 23.7 Å². The molecule has 0 aliphatic heterocycles. The van der Waals surface area contributed by atoms with Gasteiger partial charge in [0.1, 0.15) is 0 Å². The van der Waals surface area contributed by atoms with E-state index >= 15 is 0 Å². The number of nitriles is 1. The van der Waals surface area contributed by atoms with E-state index in [0.717, 1.165) is 33.5 Å². The van der Waals surface area contributed by atoms with Crippen molar-refractivity contribution in [3.8, 4) is 23.1 Å². The Labute approximate surface area is 180 Å². The van der Waals surface area contributed by atoms with Crippen LogP contribution in [-0.4, -0.2) is 19.7 Å². The number of aromatic nitrogens is 4. The fourth-order valence-electron chi connectivity index (χ4n) is 3.27. The van der Waals surface area contributed by atoms with E-state index in [1.165, 1.54) is 5.56 Å². The Kier molecular flexibility index (Phi) is 5.92. The zero-order valence-corrected chi connectivity index (χ0v) is 17.7. The minimum atomic E-state index is 0.363. The summed E-state index contributed by atoms with van der Waals surface area (Å²) in [6.07, 6.45) is 3.57. The minimum absolute atomic E-state index is 0.363. The Morgan fingerprint density at radius 1 is 1.00 bits per heavy atom. The van der Waals surface area contributed by atoms with Gasteiger partial charge in [-0.3, -0.25) is 9.55 Å². The maximum atomic E-state index is 9.00. The van der Waals surface area contributed by atoms with Crippen molar-refractivity contribution in [1.82, 2.24) is 19.7 Å². The zero-order valence-electron chi connectivity index (χ0n) is 16.9. The van der Waals surface area contributed by atoms with Gasteiger partial charge in [-0.1, -0.05) is 55.9 Å². The molecule has 0 saturated heterocycles. The summed E-state index contributed by atoms with van der Waals surface area (Å²) in [6, 6.07) is 22.1. The summed E-state index contributed by atoms with van der Waals surface area (Å²) in [7, 11) is 0. The highest BCUT2D eigenvalue weighted by Crippen LogP contribution is 2.33. The molecule has 30 heavy (non-hydrogen) atoms. The molecule has 0 amide bonds. The lowest BCUT2D eigenvalue weighted by Crippen LogP contribution is -2.05. The SMILES string of the molecule is CC(C)c1ccccc1-n1c(SCc2ccc(C#N)cc2)nnc1-c1cccnc1. The first kappa shape index (κ1) is 19.9. The van der Waals surface area contributed by atoms with Crippen LogP contribution in [0.25, 0.3) is 17.1 Å². The zero-order chi connectivity index (χ0) is 20.9. The monoisotopic (exact) mass is 411 g/mol. The first-order valence-corrected chi connectivity index (χ1v) is 10.7. The molecule has 0 N–H and O–H groups in total. The third kappa shape index (κ3) is 4.12. The van der Waals surface area contributed by atoms with Crippen molar-refractivity contribution in [2.45, 2.75) is 30.7 Å². The van der Waals surface area contributed by atoms with E-state index in [4.69, 9.17) is 5.26 Å². The molecule has 0 atom stereocenters. The number of hydrogen-bond donors (Lipinski definition) is 0. The van der Waals surface area contributed by atoms with Gasteiger partial charge in [-0.15, -0.1) is 10.2 Å². The summed E-state index contributed by atoms with van der Waals surface area (Å²) >= 11 is 1.63. The molecule has 0 bridgehead atoms. The van der Waals surface area contributed by atoms with Gasteiger partial charge >= 0.3 is 0 Å². The van der Waals surface area contributed by atoms with Gasteiger partial charge in [-0.2, -0.15) is 5.26 Å². The van der Waals surface area contributed by atoms with Crippen LogP contribution in [0.15, 0.2) is 78.2 Å². The number of thioether (sulfide) groups is 1. The molecule has 2 aromatic heterocycles. The largest absolute Gasteiger partial charge is 0.270 e. The summed E-state index contributed by atoms with van der Waals surface area (Å²) in [4.78, 5) is 4.26. The minimum Gasteiger partial charge on any atom is -0.270 e. The average Bonchev–Trinajstić information content (AvgIpc) is 3.22. The first-order valence-electron chi connectivity index (χ1n) is 9.74. The third-order valence-corrected chi connectivity index (χ3v) is 5.80. The molecule has 0 radical (unpaired) electrons. The molecule has 0 saturated carbocycles. The molecule has 2 heterocycles. The van der Waals surface area contributed by atoms with E-state index in [-0.39, 0.29) is 0 Å².